The van der Waals surface area contributed by atoms with Crippen molar-refractivity contribution in [3.8, 4) is 11.7 Å². The van der Waals surface area contributed by atoms with Crippen LogP contribution in [0.4, 0.5) is 0 Å². The van der Waals surface area contributed by atoms with Crippen LogP contribution in [0.3, 0.4) is 0 Å². The van der Waals surface area contributed by atoms with E-state index in [0.717, 1.165) is 0 Å². The molecule has 8 heteroatoms. The summed E-state index contributed by atoms with van der Waals surface area (Å²) in [6, 6.07) is 2.47. The van der Waals surface area contributed by atoms with Gasteiger partial charge < -0.3 is 19.8 Å². The highest BCUT2D eigenvalue weighted by Crippen LogP contribution is 2.30. The highest BCUT2D eigenvalue weighted by atomic mass is 32.2. The molecule has 2 aromatic rings. The van der Waals surface area contributed by atoms with E-state index in [9.17, 15) is 4.79 Å². The molecule has 0 aliphatic rings. The van der Waals surface area contributed by atoms with Gasteiger partial charge in [-0.1, -0.05) is 5.16 Å². The average molecular weight is 297 g/mol. The third-order valence-electron chi connectivity index (χ3n) is 2.79. The fraction of sp³-hybridized carbons (Fsp3) is 0.417. The van der Waals surface area contributed by atoms with Gasteiger partial charge in [-0.15, -0.1) is 11.8 Å². The van der Waals surface area contributed by atoms with Gasteiger partial charge in [-0.05, 0) is 26.0 Å². The Morgan fingerprint density at radius 3 is 2.95 bits per heavy atom. The fourth-order valence-corrected chi connectivity index (χ4v) is 2.35. The Bertz CT molecular complexity index is 579. The molecule has 2 heterocycles. The summed E-state index contributed by atoms with van der Waals surface area (Å²) in [6.45, 7) is 3.54. The predicted octanol–water partition coefficient (Wildman–Crippen LogP) is 1.75. The molecule has 0 aliphatic carbocycles. The maximum absolute atomic E-state index is 10.9. The number of rotatable bonds is 6. The van der Waals surface area contributed by atoms with E-state index in [0.29, 0.717) is 23.2 Å². The smallest absolute Gasteiger partial charge is 0.321 e. The van der Waals surface area contributed by atoms with Gasteiger partial charge in [-0.3, -0.25) is 4.79 Å². The number of aromatic nitrogens is 2. The minimum atomic E-state index is -1.04. The maximum atomic E-state index is 10.9. The van der Waals surface area contributed by atoms with E-state index < -0.39 is 16.8 Å². The zero-order valence-electron chi connectivity index (χ0n) is 11.1. The third-order valence-corrected chi connectivity index (χ3v) is 4.19. The number of thioether (sulfide) groups is 1. The first-order valence-corrected chi connectivity index (χ1v) is 6.87. The van der Waals surface area contributed by atoms with Crippen LogP contribution in [0, 0.1) is 0 Å². The van der Waals surface area contributed by atoms with Gasteiger partial charge in [0, 0.05) is 4.75 Å². The number of aliphatic carboxylic acids is 1. The highest BCUT2D eigenvalue weighted by Gasteiger charge is 2.33. The number of nitrogens with zero attached hydrogens (tertiary/aromatic N) is 2. The van der Waals surface area contributed by atoms with Crippen molar-refractivity contribution in [3.63, 3.8) is 0 Å². The summed E-state index contributed by atoms with van der Waals surface area (Å²) in [5.74, 6) is 0.623. The lowest BCUT2D eigenvalue weighted by Gasteiger charge is -2.27. The molecule has 0 radical (unpaired) electrons. The second-order valence-corrected chi connectivity index (χ2v) is 6.33. The summed E-state index contributed by atoms with van der Waals surface area (Å²) in [5, 5.41) is 12.8. The second-order valence-electron chi connectivity index (χ2n) is 4.70. The van der Waals surface area contributed by atoms with Gasteiger partial charge >= 0.3 is 5.97 Å². The molecule has 0 bridgehead atoms. The predicted molar refractivity (Wildman–Crippen MR) is 73.0 cm³/mol. The molecular weight excluding hydrogens is 282 g/mol. The van der Waals surface area contributed by atoms with Crippen LogP contribution in [0.1, 0.15) is 19.7 Å². The number of hydrogen-bond acceptors (Lipinski definition) is 7. The number of furan rings is 1. The first kappa shape index (κ1) is 14.6. The van der Waals surface area contributed by atoms with E-state index in [1.165, 1.54) is 18.0 Å². The molecule has 20 heavy (non-hydrogen) atoms. The molecule has 0 saturated heterocycles. The van der Waals surface area contributed by atoms with Crippen molar-refractivity contribution in [3.05, 3.63) is 24.2 Å². The Morgan fingerprint density at radius 2 is 2.35 bits per heavy atom. The molecule has 0 spiro atoms. The summed E-state index contributed by atoms with van der Waals surface area (Å²) in [4.78, 5) is 15.1. The van der Waals surface area contributed by atoms with E-state index >= 15 is 0 Å². The molecule has 0 aliphatic heterocycles. The zero-order valence-corrected chi connectivity index (χ0v) is 11.9. The van der Waals surface area contributed by atoms with E-state index in [1.807, 2.05) is 0 Å². The number of carboxylic acids is 1. The standard InChI is InChI=1S/C12H15N3O4S/c1-12(2,9(13)11(16)17)20-6-8-14-10(19-15-8)7-4-3-5-18-7/h3-5,9H,6,13H2,1-2H3,(H,16,17)/t9-/m1/s1. The van der Waals surface area contributed by atoms with Crippen LogP contribution in [0.5, 0.6) is 0 Å². The SMILES string of the molecule is CC(C)(SCc1noc(-c2ccco2)n1)[C@H](N)C(=O)O. The quantitative estimate of drug-likeness (QED) is 0.828. The van der Waals surface area contributed by atoms with E-state index in [1.54, 1.807) is 26.0 Å². The Hall–Kier alpha value is -1.80. The average Bonchev–Trinajstić information content (AvgIpc) is 3.05. The topological polar surface area (TPSA) is 115 Å². The van der Waals surface area contributed by atoms with Crippen LogP contribution in [0.25, 0.3) is 11.7 Å². The van der Waals surface area contributed by atoms with Gasteiger partial charge in [-0.25, -0.2) is 0 Å². The first-order chi connectivity index (χ1) is 9.40. The molecular formula is C12H15N3O4S. The van der Waals surface area contributed by atoms with Crippen LogP contribution in [-0.2, 0) is 10.5 Å². The van der Waals surface area contributed by atoms with Gasteiger partial charge in [0.1, 0.15) is 6.04 Å². The van der Waals surface area contributed by atoms with Gasteiger partial charge in [0.15, 0.2) is 11.6 Å². The van der Waals surface area contributed by atoms with Crippen LogP contribution in [0.2, 0.25) is 0 Å². The van der Waals surface area contributed by atoms with Crippen LogP contribution < -0.4 is 5.73 Å². The van der Waals surface area contributed by atoms with Gasteiger partial charge in [-0.2, -0.15) is 4.98 Å². The largest absolute Gasteiger partial charge is 0.480 e. The molecule has 2 rings (SSSR count). The van der Waals surface area contributed by atoms with Crippen LogP contribution >= 0.6 is 11.8 Å². The Kier molecular flexibility index (Phi) is 4.15. The van der Waals surface area contributed by atoms with E-state index in [4.69, 9.17) is 19.8 Å². The molecule has 1 atom stereocenters. The minimum Gasteiger partial charge on any atom is -0.480 e. The molecule has 0 amide bonds. The molecule has 3 N–H and O–H groups in total. The minimum absolute atomic E-state index is 0.297. The summed E-state index contributed by atoms with van der Waals surface area (Å²) in [5.41, 5.74) is 5.64. The molecule has 0 unspecified atom stereocenters. The van der Waals surface area contributed by atoms with Crippen LogP contribution in [-0.4, -0.2) is 32.0 Å². The van der Waals surface area contributed by atoms with E-state index in [-0.39, 0.29) is 0 Å². The Balaban J connectivity index is 2.00. The molecule has 2 aromatic heterocycles. The van der Waals surface area contributed by atoms with Gasteiger partial charge in [0.25, 0.3) is 5.89 Å². The lowest BCUT2D eigenvalue weighted by atomic mass is 10.1. The van der Waals surface area contributed by atoms with Crippen molar-refractivity contribution in [1.29, 1.82) is 0 Å². The fourth-order valence-electron chi connectivity index (χ4n) is 1.45. The monoisotopic (exact) mass is 297 g/mol. The van der Waals surface area contributed by atoms with Crippen molar-refractivity contribution in [1.82, 2.24) is 10.1 Å². The van der Waals surface area contributed by atoms with Crippen molar-refractivity contribution in [2.75, 3.05) is 0 Å². The maximum Gasteiger partial charge on any atom is 0.321 e. The lowest BCUT2D eigenvalue weighted by molar-refractivity contribution is -0.139. The molecule has 0 saturated carbocycles. The molecule has 108 valence electrons. The third kappa shape index (κ3) is 3.20. The second kappa shape index (κ2) is 5.68. The Labute approximate surface area is 119 Å². The molecule has 7 nitrogen and oxygen atoms in total. The summed E-state index contributed by atoms with van der Waals surface area (Å²) in [6.07, 6.45) is 1.52. The summed E-state index contributed by atoms with van der Waals surface area (Å²) < 4.78 is 9.57. The number of nitrogens with two attached hydrogens (primary N) is 1. The number of carbonyl (C=O) groups is 1. The number of carboxylic acid groups (broad SMARTS) is 1. The van der Waals surface area contributed by atoms with Crippen LogP contribution in [0.15, 0.2) is 27.3 Å². The molecule has 0 fully saturated rings. The molecule has 0 aromatic carbocycles. The van der Waals surface area contributed by atoms with Crippen molar-refractivity contribution in [2.45, 2.75) is 30.4 Å². The lowest BCUT2D eigenvalue weighted by Crippen LogP contribution is -2.46. The van der Waals surface area contributed by atoms with Crippen molar-refractivity contribution >= 4 is 17.7 Å². The Morgan fingerprint density at radius 1 is 1.60 bits per heavy atom. The van der Waals surface area contributed by atoms with Crippen molar-refractivity contribution in [2.24, 2.45) is 5.73 Å². The van der Waals surface area contributed by atoms with Gasteiger partial charge in [0.05, 0.1) is 12.0 Å². The summed E-state index contributed by atoms with van der Waals surface area (Å²) >= 11 is 1.36. The number of hydrogen-bond donors (Lipinski definition) is 2. The summed E-state index contributed by atoms with van der Waals surface area (Å²) in [7, 11) is 0. The van der Waals surface area contributed by atoms with Crippen molar-refractivity contribution < 1.29 is 18.8 Å². The van der Waals surface area contributed by atoms with E-state index in [2.05, 4.69) is 10.1 Å². The zero-order chi connectivity index (χ0) is 14.8. The van der Waals surface area contributed by atoms with Gasteiger partial charge in [0.2, 0.25) is 0 Å². The first-order valence-electron chi connectivity index (χ1n) is 5.89. The normalized spacial score (nSPS) is 13.3. The highest BCUT2D eigenvalue weighted by molar-refractivity contribution is 7.99.